The van der Waals surface area contributed by atoms with Crippen LogP contribution in [0.25, 0.3) is 0 Å². The van der Waals surface area contributed by atoms with Crippen LogP contribution in [0.4, 0.5) is 0 Å². The van der Waals surface area contributed by atoms with E-state index in [0.717, 1.165) is 11.1 Å². The van der Waals surface area contributed by atoms with Gasteiger partial charge in [0.2, 0.25) is 10.0 Å². The molecule has 0 saturated carbocycles. The van der Waals surface area contributed by atoms with Gasteiger partial charge >= 0.3 is 0 Å². The second-order valence-electron chi connectivity index (χ2n) is 4.27. The summed E-state index contributed by atoms with van der Waals surface area (Å²) in [7, 11) is -3.20. The first-order valence-corrected chi connectivity index (χ1v) is 8.23. The van der Waals surface area contributed by atoms with Crippen molar-refractivity contribution in [3.05, 3.63) is 35.4 Å². The molecule has 1 rings (SSSR count). The third-order valence-electron chi connectivity index (χ3n) is 2.72. The van der Waals surface area contributed by atoms with Gasteiger partial charge in [-0.05, 0) is 18.9 Å². The van der Waals surface area contributed by atoms with Crippen LogP contribution in [0.15, 0.2) is 24.3 Å². The summed E-state index contributed by atoms with van der Waals surface area (Å²) in [6, 6.07) is 7.91. The highest BCUT2D eigenvalue weighted by Crippen LogP contribution is 2.12. The van der Waals surface area contributed by atoms with Gasteiger partial charge in [-0.3, -0.25) is 0 Å². The average Bonchev–Trinajstić information content (AvgIpc) is 2.33. The number of hydrogen-bond acceptors (Lipinski definition) is 2. The van der Waals surface area contributed by atoms with E-state index in [9.17, 15) is 8.42 Å². The molecule has 0 saturated heterocycles. The molecule has 0 radical (unpaired) electrons. The van der Waals surface area contributed by atoms with Gasteiger partial charge in [-0.1, -0.05) is 36.8 Å². The minimum absolute atomic E-state index is 0.121. The summed E-state index contributed by atoms with van der Waals surface area (Å²) in [6.07, 6.45) is 0.494. The van der Waals surface area contributed by atoms with Gasteiger partial charge in [-0.2, -0.15) is 4.31 Å². The molecule has 0 amide bonds. The maximum Gasteiger partial charge on any atom is 0.214 e. The lowest BCUT2D eigenvalue weighted by molar-refractivity contribution is 0.423. The Bertz CT molecular complexity index is 474. The first-order valence-electron chi connectivity index (χ1n) is 6.09. The van der Waals surface area contributed by atoms with Gasteiger partial charge in [0.05, 0.1) is 5.75 Å². The monoisotopic (exact) mass is 289 g/mol. The minimum atomic E-state index is -3.20. The summed E-state index contributed by atoms with van der Waals surface area (Å²) >= 11 is 5.55. The summed E-state index contributed by atoms with van der Waals surface area (Å²) in [5.41, 5.74) is 2.16. The molecular formula is C13H20ClNO2S. The summed E-state index contributed by atoms with van der Waals surface area (Å²) in [4.78, 5) is 0. The highest BCUT2D eigenvalue weighted by molar-refractivity contribution is 7.89. The summed E-state index contributed by atoms with van der Waals surface area (Å²) in [5.74, 6) is 0.497. The van der Waals surface area contributed by atoms with Gasteiger partial charge in [0.25, 0.3) is 0 Å². The van der Waals surface area contributed by atoms with E-state index in [1.165, 1.54) is 4.31 Å². The molecule has 3 nitrogen and oxygen atoms in total. The topological polar surface area (TPSA) is 37.4 Å². The van der Waals surface area contributed by atoms with Gasteiger partial charge in [0.15, 0.2) is 0 Å². The lowest BCUT2D eigenvalue weighted by Crippen LogP contribution is -2.32. The van der Waals surface area contributed by atoms with E-state index in [0.29, 0.717) is 25.4 Å². The fraction of sp³-hybridized carbons (Fsp3) is 0.538. The molecule has 0 aromatic heterocycles. The van der Waals surface area contributed by atoms with Crippen LogP contribution < -0.4 is 0 Å². The quantitative estimate of drug-likeness (QED) is 0.724. The molecule has 0 unspecified atom stereocenters. The third kappa shape index (κ3) is 4.59. The Morgan fingerprint density at radius 2 is 2.06 bits per heavy atom. The second kappa shape index (κ2) is 7.12. The zero-order chi connectivity index (χ0) is 13.6. The first kappa shape index (κ1) is 15.5. The van der Waals surface area contributed by atoms with Crippen LogP contribution in [-0.2, 0) is 16.6 Å². The number of halogens is 1. The van der Waals surface area contributed by atoms with Crippen molar-refractivity contribution in [2.45, 2.75) is 26.8 Å². The number of hydrogen-bond donors (Lipinski definition) is 0. The summed E-state index contributed by atoms with van der Waals surface area (Å²) in [5, 5.41) is 0. The zero-order valence-corrected chi connectivity index (χ0v) is 12.5. The SMILES string of the molecule is CCN(Cc1cccc(C)c1)S(=O)(=O)CCCCl. The predicted octanol–water partition coefficient (Wildman–Crippen LogP) is 2.78. The standard InChI is InChI=1S/C13H20ClNO2S/c1-3-15(18(16,17)9-5-8-14)11-13-7-4-6-12(2)10-13/h4,6-7,10H,3,5,8-9,11H2,1-2H3. The van der Waals surface area contributed by atoms with E-state index < -0.39 is 10.0 Å². The molecule has 0 bridgehead atoms. The molecule has 0 aliphatic rings. The van der Waals surface area contributed by atoms with Gasteiger partial charge < -0.3 is 0 Å². The fourth-order valence-corrected chi connectivity index (χ4v) is 3.59. The van der Waals surface area contributed by atoms with Crippen molar-refractivity contribution in [2.75, 3.05) is 18.2 Å². The highest BCUT2D eigenvalue weighted by atomic mass is 35.5. The van der Waals surface area contributed by atoms with Crippen molar-refractivity contribution in [1.82, 2.24) is 4.31 Å². The van der Waals surface area contributed by atoms with Gasteiger partial charge in [-0.15, -0.1) is 11.6 Å². The normalized spacial score (nSPS) is 12.0. The van der Waals surface area contributed by atoms with Crippen molar-refractivity contribution in [2.24, 2.45) is 0 Å². The molecule has 0 aliphatic heterocycles. The van der Waals surface area contributed by atoms with Gasteiger partial charge in [-0.25, -0.2) is 8.42 Å². The zero-order valence-electron chi connectivity index (χ0n) is 10.9. The van der Waals surface area contributed by atoms with Crippen LogP contribution in [-0.4, -0.2) is 30.9 Å². The van der Waals surface area contributed by atoms with E-state index in [2.05, 4.69) is 0 Å². The molecule has 1 aromatic carbocycles. The molecule has 0 fully saturated rings. The lowest BCUT2D eigenvalue weighted by atomic mass is 10.1. The van der Waals surface area contributed by atoms with Crippen LogP contribution >= 0.6 is 11.6 Å². The first-order chi connectivity index (χ1) is 8.49. The van der Waals surface area contributed by atoms with Gasteiger partial charge in [0, 0.05) is 19.0 Å². The Morgan fingerprint density at radius 3 is 2.61 bits per heavy atom. The second-order valence-corrected chi connectivity index (χ2v) is 6.74. The Hall–Kier alpha value is -0.580. The Labute approximate surface area is 115 Å². The number of rotatable bonds is 7. The Morgan fingerprint density at radius 1 is 1.33 bits per heavy atom. The molecule has 0 spiro atoms. The maximum atomic E-state index is 12.1. The molecule has 18 heavy (non-hydrogen) atoms. The largest absolute Gasteiger partial charge is 0.214 e. The van der Waals surface area contributed by atoms with Gasteiger partial charge in [0.1, 0.15) is 0 Å². The van der Waals surface area contributed by atoms with Crippen LogP contribution in [0, 0.1) is 6.92 Å². The third-order valence-corrected chi connectivity index (χ3v) is 4.97. The van der Waals surface area contributed by atoms with Crippen LogP contribution in [0.5, 0.6) is 0 Å². The Kier molecular flexibility index (Phi) is 6.12. The summed E-state index contributed by atoms with van der Waals surface area (Å²) in [6.45, 7) is 4.77. The van der Waals surface area contributed by atoms with E-state index >= 15 is 0 Å². The van der Waals surface area contributed by atoms with Crippen LogP contribution in [0.2, 0.25) is 0 Å². The van der Waals surface area contributed by atoms with E-state index in [1.807, 2.05) is 38.1 Å². The molecule has 5 heteroatoms. The molecule has 1 aromatic rings. The lowest BCUT2D eigenvalue weighted by Gasteiger charge is -2.20. The van der Waals surface area contributed by atoms with Crippen molar-refractivity contribution in [3.8, 4) is 0 Å². The molecule has 102 valence electrons. The number of aryl methyl sites for hydroxylation is 1. The van der Waals surface area contributed by atoms with Crippen molar-refractivity contribution in [3.63, 3.8) is 0 Å². The predicted molar refractivity (Wildman–Crippen MR) is 76.4 cm³/mol. The molecular weight excluding hydrogens is 270 g/mol. The number of alkyl halides is 1. The Balaban J connectivity index is 2.78. The van der Waals surface area contributed by atoms with Crippen molar-refractivity contribution < 1.29 is 8.42 Å². The van der Waals surface area contributed by atoms with Crippen molar-refractivity contribution in [1.29, 1.82) is 0 Å². The number of sulfonamides is 1. The molecule has 0 N–H and O–H groups in total. The average molecular weight is 290 g/mol. The van der Waals surface area contributed by atoms with E-state index in [1.54, 1.807) is 0 Å². The smallest absolute Gasteiger partial charge is 0.212 e. The highest BCUT2D eigenvalue weighted by Gasteiger charge is 2.19. The molecule has 0 atom stereocenters. The molecule has 0 heterocycles. The number of benzene rings is 1. The number of nitrogens with zero attached hydrogens (tertiary/aromatic N) is 1. The van der Waals surface area contributed by atoms with Crippen molar-refractivity contribution >= 4 is 21.6 Å². The van der Waals surface area contributed by atoms with E-state index in [4.69, 9.17) is 11.6 Å². The summed E-state index contributed by atoms with van der Waals surface area (Å²) < 4.78 is 25.7. The maximum absolute atomic E-state index is 12.1. The van der Waals surface area contributed by atoms with E-state index in [-0.39, 0.29) is 5.75 Å². The van der Waals surface area contributed by atoms with Crippen LogP contribution in [0.3, 0.4) is 0 Å². The minimum Gasteiger partial charge on any atom is -0.212 e. The van der Waals surface area contributed by atoms with Crippen LogP contribution in [0.1, 0.15) is 24.5 Å². The molecule has 0 aliphatic carbocycles. The fourth-order valence-electron chi connectivity index (χ4n) is 1.79.